The Balaban J connectivity index is 2.12. The van der Waals surface area contributed by atoms with Gasteiger partial charge in [0.25, 0.3) is 0 Å². The van der Waals surface area contributed by atoms with E-state index >= 15 is 0 Å². The molecule has 1 N–H and O–H groups in total. The van der Waals surface area contributed by atoms with Crippen LogP contribution in [0.1, 0.15) is 31.9 Å². The monoisotopic (exact) mass is 292 g/mol. The third-order valence-electron chi connectivity index (χ3n) is 4.09. The SMILES string of the molecule is CCCNC(c1ccc(OC)cc1)C1CN(CC)CCO1. The standard InChI is InChI=1S/C17H28N2O2/c1-4-10-18-17(14-6-8-15(20-3)9-7-14)16-13-19(5-2)11-12-21-16/h6-9,16-18H,4-5,10-13H2,1-3H3. The maximum atomic E-state index is 6.04. The van der Waals surface area contributed by atoms with Crippen LogP contribution in [0.4, 0.5) is 0 Å². The van der Waals surface area contributed by atoms with Crippen molar-refractivity contribution >= 4 is 0 Å². The number of methoxy groups -OCH3 is 1. The van der Waals surface area contributed by atoms with E-state index in [1.807, 2.05) is 12.1 Å². The summed E-state index contributed by atoms with van der Waals surface area (Å²) in [6.07, 6.45) is 1.33. The molecular formula is C17H28N2O2. The molecule has 4 nitrogen and oxygen atoms in total. The Labute approximate surface area is 128 Å². The Morgan fingerprint density at radius 3 is 2.71 bits per heavy atom. The Bertz CT molecular complexity index is 408. The summed E-state index contributed by atoms with van der Waals surface area (Å²) in [5.74, 6) is 0.896. The van der Waals surface area contributed by atoms with Gasteiger partial charge in [-0.2, -0.15) is 0 Å². The van der Waals surface area contributed by atoms with Crippen molar-refractivity contribution in [3.05, 3.63) is 29.8 Å². The molecule has 0 amide bonds. The van der Waals surface area contributed by atoms with E-state index in [4.69, 9.17) is 9.47 Å². The summed E-state index contributed by atoms with van der Waals surface area (Å²) in [4.78, 5) is 2.46. The van der Waals surface area contributed by atoms with Crippen molar-refractivity contribution in [2.24, 2.45) is 0 Å². The molecule has 1 saturated heterocycles. The van der Waals surface area contributed by atoms with Gasteiger partial charge in [-0.3, -0.25) is 4.90 Å². The van der Waals surface area contributed by atoms with Gasteiger partial charge in [0, 0.05) is 13.1 Å². The summed E-state index contributed by atoms with van der Waals surface area (Å²) in [6, 6.07) is 8.57. The Morgan fingerprint density at radius 1 is 1.33 bits per heavy atom. The lowest BCUT2D eigenvalue weighted by Crippen LogP contribution is -2.48. The number of nitrogens with one attached hydrogen (secondary N) is 1. The third-order valence-corrected chi connectivity index (χ3v) is 4.09. The van der Waals surface area contributed by atoms with Gasteiger partial charge in [0.05, 0.1) is 25.9 Å². The largest absolute Gasteiger partial charge is 0.497 e. The van der Waals surface area contributed by atoms with Gasteiger partial charge in [-0.15, -0.1) is 0 Å². The van der Waals surface area contributed by atoms with Gasteiger partial charge in [-0.05, 0) is 37.2 Å². The van der Waals surface area contributed by atoms with Crippen LogP contribution in [0.3, 0.4) is 0 Å². The van der Waals surface area contributed by atoms with E-state index < -0.39 is 0 Å². The average molecular weight is 292 g/mol. The number of ether oxygens (including phenoxy) is 2. The van der Waals surface area contributed by atoms with Crippen LogP contribution >= 0.6 is 0 Å². The highest BCUT2D eigenvalue weighted by Crippen LogP contribution is 2.24. The van der Waals surface area contributed by atoms with E-state index in [9.17, 15) is 0 Å². The summed E-state index contributed by atoms with van der Waals surface area (Å²) in [6.45, 7) is 9.34. The topological polar surface area (TPSA) is 33.7 Å². The molecule has 0 radical (unpaired) electrons. The van der Waals surface area contributed by atoms with Crippen LogP contribution in [0, 0.1) is 0 Å². The van der Waals surface area contributed by atoms with Crippen molar-refractivity contribution in [1.82, 2.24) is 10.2 Å². The minimum Gasteiger partial charge on any atom is -0.497 e. The number of hydrogen-bond acceptors (Lipinski definition) is 4. The molecule has 0 aliphatic carbocycles. The predicted octanol–water partition coefficient (Wildman–Crippen LogP) is 2.46. The van der Waals surface area contributed by atoms with Crippen molar-refractivity contribution in [3.63, 3.8) is 0 Å². The van der Waals surface area contributed by atoms with Gasteiger partial charge in [0.15, 0.2) is 0 Å². The van der Waals surface area contributed by atoms with Gasteiger partial charge in [0.1, 0.15) is 5.75 Å². The second-order valence-corrected chi connectivity index (χ2v) is 5.51. The van der Waals surface area contributed by atoms with E-state index in [-0.39, 0.29) is 12.1 Å². The molecule has 1 aliphatic rings. The number of nitrogens with zero attached hydrogens (tertiary/aromatic N) is 1. The van der Waals surface area contributed by atoms with E-state index in [1.165, 1.54) is 5.56 Å². The number of morpholine rings is 1. The normalized spacial score (nSPS) is 21.2. The minimum atomic E-state index is 0.207. The van der Waals surface area contributed by atoms with Crippen LogP contribution in [0.15, 0.2) is 24.3 Å². The molecule has 21 heavy (non-hydrogen) atoms. The van der Waals surface area contributed by atoms with Crippen LogP contribution < -0.4 is 10.1 Å². The van der Waals surface area contributed by atoms with Crippen molar-refractivity contribution in [2.45, 2.75) is 32.4 Å². The second-order valence-electron chi connectivity index (χ2n) is 5.51. The molecule has 4 heteroatoms. The van der Waals surface area contributed by atoms with Gasteiger partial charge < -0.3 is 14.8 Å². The Kier molecular flexibility index (Phi) is 6.49. The van der Waals surface area contributed by atoms with Crippen molar-refractivity contribution < 1.29 is 9.47 Å². The minimum absolute atomic E-state index is 0.207. The second kappa shape index (κ2) is 8.37. The first kappa shape index (κ1) is 16.3. The average Bonchev–Trinajstić information content (AvgIpc) is 2.56. The highest BCUT2D eigenvalue weighted by atomic mass is 16.5. The van der Waals surface area contributed by atoms with Crippen LogP contribution in [-0.2, 0) is 4.74 Å². The quantitative estimate of drug-likeness (QED) is 0.837. The van der Waals surface area contributed by atoms with Gasteiger partial charge in [-0.25, -0.2) is 0 Å². The summed E-state index contributed by atoms with van der Waals surface area (Å²) in [7, 11) is 1.70. The zero-order valence-electron chi connectivity index (χ0n) is 13.5. The molecular weight excluding hydrogens is 264 g/mol. The maximum Gasteiger partial charge on any atom is 0.118 e. The molecule has 1 aliphatic heterocycles. The van der Waals surface area contributed by atoms with E-state index in [0.29, 0.717) is 0 Å². The molecule has 2 atom stereocenters. The highest BCUT2D eigenvalue weighted by Gasteiger charge is 2.28. The molecule has 2 unspecified atom stereocenters. The molecule has 118 valence electrons. The third kappa shape index (κ3) is 4.43. The fourth-order valence-corrected chi connectivity index (χ4v) is 2.80. The zero-order valence-corrected chi connectivity index (χ0v) is 13.5. The first-order valence-corrected chi connectivity index (χ1v) is 7.99. The maximum absolute atomic E-state index is 6.04. The Morgan fingerprint density at radius 2 is 2.10 bits per heavy atom. The molecule has 1 aromatic rings. The smallest absolute Gasteiger partial charge is 0.118 e. The van der Waals surface area contributed by atoms with E-state index in [1.54, 1.807) is 7.11 Å². The molecule has 0 bridgehead atoms. The number of benzene rings is 1. The molecule has 2 rings (SSSR count). The number of rotatable bonds is 7. The van der Waals surface area contributed by atoms with Crippen molar-refractivity contribution in [2.75, 3.05) is 39.9 Å². The lowest BCUT2D eigenvalue weighted by molar-refractivity contribution is -0.0455. The summed E-state index contributed by atoms with van der Waals surface area (Å²) < 4.78 is 11.3. The van der Waals surface area contributed by atoms with Crippen molar-refractivity contribution in [3.8, 4) is 5.75 Å². The van der Waals surface area contributed by atoms with E-state index in [0.717, 1.165) is 45.0 Å². The van der Waals surface area contributed by atoms with Crippen LogP contribution in [0.2, 0.25) is 0 Å². The van der Waals surface area contributed by atoms with Gasteiger partial charge in [-0.1, -0.05) is 26.0 Å². The van der Waals surface area contributed by atoms with Crippen LogP contribution in [-0.4, -0.2) is 50.9 Å². The lowest BCUT2D eigenvalue weighted by Gasteiger charge is -2.37. The first-order valence-electron chi connectivity index (χ1n) is 7.99. The molecule has 1 fully saturated rings. The Hall–Kier alpha value is -1.10. The fraction of sp³-hybridized carbons (Fsp3) is 0.647. The van der Waals surface area contributed by atoms with Gasteiger partial charge in [0.2, 0.25) is 0 Å². The summed E-state index contributed by atoms with van der Waals surface area (Å²) in [5.41, 5.74) is 1.27. The van der Waals surface area contributed by atoms with Crippen LogP contribution in [0.25, 0.3) is 0 Å². The zero-order chi connectivity index (χ0) is 15.1. The molecule has 1 heterocycles. The fourth-order valence-electron chi connectivity index (χ4n) is 2.80. The number of likely N-dealkylation sites (N-methyl/N-ethyl adjacent to an activating group) is 1. The summed E-state index contributed by atoms with van der Waals surface area (Å²) in [5, 5.41) is 3.65. The predicted molar refractivity (Wildman–Crippen MR) is 85.9 cm³/mol. The summed E-state index contributed by atoms with van der Waals surface area (Å²) >= 11 is 0. The lowest BCUT2D eigenvalue weighted by atomic mass is 9.99. The first-order chi connectivity index (χ1) is 10.3. The van der Waals surface area contributed by atoms with Crippen LogP contribution in [0.5, 0.6) is 5.75 Å². The molecule has 0 aromatic heterocycles. The highest BCUT2D eigenvalue weighted by molar-refractivity contribution is 5.29. The molecule has 1 aromatic carbocycles. The molecule has 0 saturated carbocycles. The van der Waals surface area contributed by atoms with Gasteiger partial charge >= 0.3 is 0 Å². The van der Waals surface area contributed by atoms with E-state index in [2.05, 4.69) is 36.2 Å². The number of hydrogen-bond donors (Lipinski definition) is 1. The molecule has 0 spiro atoms. The van der Waals surface area contributed by atoms with Crippen molar-refractivity contribution in [1.29, 1.82) is 0 Å².